The number of nitrogens with zero attached hydrogens (tertiary/aromatic N) is 2. The smallest absolute Gasteiger partial charge is 0.121 e. The molecule has 0 bridgehead atoms. The van der Waals surface area contributed by atoms with Gasteiger partial charge in [0.1, 0.15) is 5.75 Å². The second kappa shape index (κ2) is 8.11. The lowest BCUT2D eigenvalue weighted by molar-refractivity contribution is 0.261. The molecule has 3 rings (SSSR count). The summed E-state index contributed by atoms with van der Waals surface area (Å²) in [6.45, 7) is 9.65. The Balaban J connectivity index is 1.51. The average molecular weight is 359 g/mol. The number of hydrogen-bond donors (Lipinski definition) is 0. The highest BCUT2D eigenvalue weighted by Crippen LogP contribution is 2.24. The highest BCUT2D eigenvalue weighted by molar-refractivity contribution is 6.31. The molecule has 0 aliphatic carbocycles. The van der Waals surface area contributed by atoms with Crippen LogP contribution < -0.4 is 9.64 Å². The summed E-state index contributed by atoms with van der Waals surface area (Å²) >= 11 is 6.14. The lowest BCUT2D eigenvalue weighted by Crippen LogP contribution is -2.47. The Bertz CT molecular complexity index is 724. The first-order chi connectivity index (χ1) is 12.1. The molecule has 1 heterocycles. The van der Waals surface area contributed by atoms with E-state index in [1.54, 1.807) is 7.11 Å². The van der Waals surface area contributed by atoms with Gasteiger partial charge in [-0.1, -0.05) is 23.7 Å². The molecule has 0 aromatic heterocycles. The molecule has 3 nitrogen and oxygen atoms in total. The summed E-state index contributed by atoms with van der Waals surface area (Å²) in [5, 5.41) is 0.845. The number of methoxy groups -OCH3 is 1. The van der Waals surface area contributed by atoms with Gasteiger partial charge in [-0.05, 0) is 61.2 Å². The zero-order chi connectivity index (χ0) is 17.8. The van der Waals surface area contributed by atoms with Gasteiger partial charge in [0.15, 0.2) is 0 Å². The van der Waals surface area contributed by atoms with Gasteiger partial charge in [0.05, 0.1) is 7.11 Å². The van der Waals surface area contributed by atoms with Crippen molar-refractivity contribution in [3.63, 3.8) is 0 Å². The summed E-state index contributed by atoms with van der Waals surface area (Å²) in [4.78, 5) is 5.01. The van der Waals surface area contributed by atoms with Crippen molar-refractivity contribution in [3.8, 4) is 5.75 Å². The molecule has 2 aromatic rings. The van der Waals surface area contributed by atoms with Gasteiger partial charge in [-0.15, -0.1) is 0 Å². The van der Waals surface area contributed by atoms with Crippen molar-refractivity contribution in [3.05, 3.63) is 58.1 Å². The Morgan fingerprint density at radius 3 is 2.36 bits per heavy atom. The van der Waals surface area contributed by atoms with Crippen molar-refractivity contribution in [2.24, 2.45) is 0 Å². The average Bonchev–Trinajstić information content (AvgIpc) is 2.63. The first kappa shape index (κ1) is 18.1. The van der Waals surface area contributed by atoms with Crippen LogP contribution in [0.1, 0.15) is 16.7 Å². The van der Waals surface area contributed by atoms with Crippen LogP contribution in [0.4, 0.5) is 5.69 Å². The molecule has 1 saturated heterocycles. The van der Waals surface area contributed by atoms with E-state index in [1.807, 2.05) is 6.07 Å². The maximum Gasteiger partial charge on any atom is 0.121 e. The van der Waals surface area contributed by atoms with E-state index >= 15 is 0 Å². The van der Waals surface area contributed by atoms with E-state index in [-0.39, 0.29) is 0 Å². The predicted octanol–water partition coefficient (Wildman–Crippen LogP) is 4.33. The second-order valence-electron chi connectivity index (χ2n) is 6.82. The second-order valence-corrected chi connectivity index (χ2v) is 7.22. The molecule has 0 atom stereocenters. The number of aryl methyl sites for hydroxylation is 2. The Labute approximate surface area is 156 Å². The van der Waals surface area contributed by atoms with Crippen molar-refractivity contribution >= 4 is 17.3 Å². The molecule has 1 aliphatic rings. The third-order valence-corrected chi connectivity index (χ3v) is 5.48. The van der Waals surface area contributed by atoms with Crippen LogP contribution in [-0.4, -0.2) is 44.7 Å². The van der Waals surface area contributed by atoms with Gasteiger partial charge in [0.2, 0.25) is 0 Å². The minimum Gasteiger partial charge on any atom is -0.496 e. The quantitative estimate of drug-likeness (QED) is 0.791. The van der Waals surface area contributed by atoms with Crippen LogP contribution in [0.2, 0.25) is 5.02 Å². The summed E-state index contributed by atoms with van der Waals surface area (Å²) in [7, 11) is 1.73. The molecule has 1 aliphatic heterocycles. The zero-order valence-electron chi connectivity index (χ0n) is 15.4. The van der Waals surface area contributed by atoms with E-state index in [2.05, 4.69) is 54.0 Å². The van der Waals surface area contributed by atoms with Crippen LogP contribution in [0.25, 0.3) is 0 Å². The molecule has 134 valence electrons. The molecule has 0 saturated carbocycles. The van der Waals surface area contributed by atoms with E-state index in [0.29, 0.717) is 0 Å². The number of rotatable bonds is 5. The molecule has 0 spiro atoms. The third-order valence-electron chi connectivity index (χ3n) is 5.05. The van der Waals surface area contributed by atoms with E-state index < -0.39 is 0 Å². The van der Waals surface area contributed by atoms with Crippen molar-refractivity contribution in [2.75, 3.05) is 44.7 Å². The third kappa shape index (κ3) is 4.47. The van der Waals surface area contributed by atoms with Crippen molar-refractivity contribution < 1.29 is 4.74 Å². The maximum absolute atomic E-state index is 6.14. The van der Waals surface area contributed by atoms with E-state index in [0.717, 1.165) is 55.5 Å². The first-order valence-electron chi connectivity index (χ1n) is 8.94. The Morgan fingerprint density at radius 2 is 1.72 bits per heavy atom. The topological polar surface area (TPSA) is 15.7 Å². The number of anilines is 1. The van der Waals surface area contributed by atoms with Crippen LogP contribution in [0.15, 0.2) is 36.4 Å². The number of piperazine rings is 1. The zero-order valence-corrected chi connectivity index (χ0v) is 16.1. The molecule has 25 heavy (non-hydrogen) atoms. The van der Waals surface area contributed by atoms with Gasteiger partial charge in [-0.25, -0.2) is 0 Å². The van der Waals surface area contributed by atoms with Gasteiger partial charge in [0.25, 0.3) is 0 Å². The van der Waals surface area contributed by atoms with E-state index in [4.69, 9.17) is 16.3 Å². The summed E-state index contributed by atoms with van der Waals surface area (Å²) in [5.41, 5.74) is 5.03. The van der Waals surface area contributed by atoms with E-state index in [9.17, 15) is 0 Å². The lowest BCUT2D eigenvalue weighted by atomic mass is 10.1. The molecule has 1 fully saturated rings. The molecule has 0 N–H and O–H groups in total. The SMILES string of the molecule is COc1ccc(CCN2CCN(c3ccc(Cl)c(C)c3)CC2)cc1C. The fraction of sp³-hybridized carbons (Fsp3) is 0.429. The Morgan fingerprint density at radius 1 is 0.960 bits per heavy atom. The van der Waals surface area contributed by atoms with Crippen molar-refractivity contribution in [2.45, 2.75) is 20.3 Å². The van der Waals surface area contributed by atoms with Gasteiger partial charge in [-0.3, -0.25) is 4.90 Å². The highest BCUT2D eigenvalue weighted by atomic mass is 35.5. The van der Waals surface area contributed by atoms with Crippen LogP contribution in [0, 0.1) is 13.8 Å². The van der Waals surface area contributed by atoms with Crippen LogP contribution in [0.5, 0.6) is 5.75 Å². The molecule has 4 heteroatoms. The Hall–Kier alpha value is -1.71. The fourth-order valence-electron chi connectivity index (χ4n) is 3.44. The number of benzene rings is 2. The molecule has 0 unspecified atom stereocenters. The normalized spacial score (nSPS) is 15.4. The summed E-state index contributed by atoms with van der Waals surface area (Å²) in [5.74, 6) is 0.968. The van der Waals surface area contributed by atoms with Gasteiger partial charge < -0.3 is 9.64 Å². The minimum atomic E-state index is 0.845. The summed E-state index contributed by atoms with van der Waals surface area (Å²) < 4.78 is 5.34. The molecule has 0 radical (unpaired) electrons. The summed E-state index contributed by atoms with van der Waals surface area (Å²) in [6, 6.07) is 12.8. The van der Waals surface area contributed by atoms with Gasteiger partial charge >= 0.3 is 0 Å². The van der Waals surface area contributed by atoms with Crippen molar-refractivity contribution in [1.82, 2.24) is 4.90 Å². The minimum absolute atomic E-state index is 0.845. The standard InChI is InChI=1S/C21H27ClN2O/c1-16-15-19(5-6-20(16)22)24-12-10-23(11-13-24)9-8-18-4-7-21(25-3)17(2)14-18/h4-7,14-15H,8-13H2,1-3H3. The molecular weight excluding hydrogens is 332 g/mol. The molecule has 2 aromatic carbocycles. The van der Waals surface area contributed by atoms with Gasteiger partial charge in [0, 0.05) is 43.4 Å². The maximum atomic E-state index is 6.14. The lowest BCUT2D eigenvalue weighted by Gasteiger charge is -2.36. The number of halogens is 1. The predicted molar refractivity (Wildman–Crippen MR) is 106 cm³/mol. The number of ether oxygens (including phenoxy) is 1. The molecule has 0 amide bonds. The van der Waals surface area contributed by atoms with E-state index in [1.165, 1.54) is 16.8 Å². The fourth-order valence-corrected chi connectivity index (χ4v) is 3.56. The van der Waals surface area contributed by atoms with Crippen LogP contribution in [0.3, 0.4) is 0 Å². The first-order valence-corrected chi connectivity index (χ1v) is 9.31. The van der Waals surface area contributed by atoms with Crippen molar-refractivity contribution in [1.29, 1.82) is 0 Å². The van der Waals surface area contributed by atoms with Crippen LogP contribution >= 0.6 is 11.6 Å². The summed E-state index contributed by atoms with van der Waals surface area (Å²) in [6.07, 6.45) is 1.09. The van der Waals surface area contributed by atoms with Crippen LogP contribution in [-0.2, 0) is 6.42 Å². The molecular formula is C21H27ClN2O. The largest absolute Gasteiger partial charge is 0.496 e. The Kier molecular flexibility index (Phi) is 5.87. The monoisotopic (exact) mass is 358 g/mol. The number of hydrogen-bond acceptors (Lipinski definition) is 3. The van der Waals surface area contributed by atoms with Gasteiger partial charge in [-0.2, -0.15) is 0 Å². The highest BCUT2D eigenvalue weighted by Gasteiger charge is 2.17.